The first-order chi connectivity index (χ1) is 7.05. The van der Waals surface area contributed by atoms with E-state index in [0.29, 0.717) is 6.61 Å². The van der Waals surface area contributed by atoms with Gasteiger partial charge in [-0.05, 0) is 47.6 Å². The molecule has 1 N–H and O–H groups in total. The summed E-state index contributed by atoms with van der Waals surface area (Å²) in [6.07, 6.45) is 0.212. The van der Waals surface area contributed by atoms with Gasteiger partial charge in [-0.25, -0.2) is 0 Å². The molecule has 0 spiro atoms. The molecule has 0 amide bonds. The van der Waals surface area contributed by atoms with E-state index in [2.05, 4.69) is 15.9 Å². The van der Waals surface area contributed by atoms with Crippen LogP contribution >= 0.6 is 27.3 Å². The standard InChI is InChI=1S/C11H17BrO2S/c1-4-11(3,14-5-2)10(13)9-8(12)6-7-15-9/h6-7,10,13H,4-5H2,1-3H3. The van der Waals surface area contributed by atoms with Crippen molar-refractivity contribution in [1.82, 2.24) is 0 Å². The van der Waals surface area contributed by atoms with Crippen molar-refractivity contribution in [3.8, 4) is 0 Å². The molecule has 0 aliphatic heterocycles. The zero-order valence-corrected chi connectivity index (χ0v) is 11.7. The maximum atomic E-state index is 10.3. The number of ether oxygens (including phenoxy) is 1. The zero-order chi connectivity index (χ0) is 11.5. The minimum absolute atomic E-state index is 0.498. The molecular weight excluding hydrogens is 276 g/mol. The highest BCUT2D eigenvalue weighted by atomic mass is 79.9. The molecule has 0 bridgehead atoms. The molecule has 0 saturated carbocycles. The zero-order valence-electron chi connectivity index (χ0n) is 9.29. The van der Waals surface area contributed by atoms with Gasteiger partial charge in [0.05, 0.1) is 10.5 Å². The molecule has 1 heterocycles. The molecule has 1 aromatic heterocycles. The Morgan fingerprint density at radius 3 is 2.67 bits per heavy atom. The summed E-state index contributed by atoms with van der Waals surface area (Å²) in [6.45, 7) is 6.54. The Hall–Kier alpha value is 0.100. The Morgan fingerprint density at radius 2 is 2.27 bits per heavy atom. The predicted octanol–water partition coefficient (Wildman–Crippen LogP) is 3.75. The number of halogens is 1. The largest absolute Gasteiger partial charge is 0.385 e. The van der Waals surface area contributed by atoms with Crippen LogP contribution in [0, 0.1) is 0 Å². The van der Waals surface area contributed by atoms with E-state index >= 15 is 0 Å². The third-order valence-corrected chi connectivity index (χ3v) is 4.57. The Morgan fingerprint density at radius 1 is 1.60 bits per heavy atom. The molecule has 15 heavy (non-hydrogen) atoms. The van der Waals surface area contributed by atoms with Gasteiger partial charge in [-0.1, -0.05) is 6.92 Å². The van der Waals surface area contributed by atoms with Gasteiger partial charge >= 0.3 is 0 Å². The van der Waals surface area contributed by atoms with E-state index in [4.69, 9.17) is 4.74 Å². The van der Waals surface area contributed by atoms with Gasteiger partial charge in [0.1, 0.15) is 6.10 Å². The maximum absolute atomic E-state index is 10.3. The molecule has 0 aliphatic carbocycles. The Bertz CT molecular complexity index is 313. The summed E-state index contributed by atoms with van der Waals surface area (Å²) in [5.41, 5.74) is -0.498. The molecule has 2 atom stereocenters. The molecule has 0 radical (unpaired) electrons. The molecule has 86 valence electrons. The summed E-state index contributed by atoms with van der Waals surface area (Å²) in [6, 6.07) is 1.95. The number of rotatable bonds is 5. The van der Waals surface area contributed by atoms with Crippen LogP contribution in [-0.2, 0) is 4.74 Å². The van der Waals surface area contributed by atoms with Crippen LogP contribution in [0.15, 0.2) is 15.9 Å². The summed E-state index contributed by atoms with van der Waals surface area (Å²) in [4.78, 5) is 0.938. The second kappa shape index (κ2) is 5.43. The van der Waals surface area contributed by atoms with Gasteiger partial charge in [-0.2, -0.15) is 0 Å². The average molecular weight is 293 g/mol. The van der Waals surface area contributed by atoms with Crippen molar-refractivity contribution in [2.75, 3.05) is 6.61 Å². The lowest BCUT2D eigenvalue weighted by Crippen LogP contribution is -2.35. The van der Waals surface area contributed by atoms with Crippen molar-refractivity contribution >= 4 is 27.3 Å². The highest BCUT2D eigenvalue weighted by Gasteiger charge is 2.34. The third kappa shape index (κ3) is 2.81. The van der Waals surface area contributed by atoms with Crippen LogP contribution in [0.25, 0.3) is 0 Å². The van der Waals surface area contributed by atoms with Gasteiger partial charge in [-0.15, -0.1) is 11.3 Å². The predicted molar refractivity (Wildman–Crippen MR) is 67.3 cm³/mol. The molecule has 0 aromatic carbocycles. The SMILES string of the molecule is CCOC(C)(CC)C(O)c1sccc1Br. The lowest BCUT2D eigenvalue weighted by atomic mass is 9.94. The van der Waals surface area contributed by atoms with E-state index < -0.39 is 11.7 Å². The van der Waals surface area contributed by atoms with Crippen molar-refractivity contribution in [2.24, 2.45) is 0 Å². The number of aliphatic hydroxyl groups is 1. The molecular formula is C11H17BrO2S. The summed E-state index contributed by atoms with van der Waals surface area (Å²) in [5, 5.41) is 12.3. The lowest BCUT2D eigenvalue weighted by molar-refractivity contribution is -0.112. The highest BCUT2D eigenvalue weighted by Crippen LogP contribution is 2.38. The first-order valence-corrected chi connectivity index (χ1v) is 6.77. The number of aliphatic hydroxyl groups excluding tert-OH is 1. The summed E-state index contributed by atoms with van der Waals surface area (Å²) < 4.78 is 6.61. The second-order valence-electron chi connectivity index (χ2n) is 3.63. The van der Waals surface area contributed by atoms with E-state index in [0.717, 1.165) is 15.8 Å². The third-order valence-electron chi connectivity index (χ3n) is 2.65. The lowest BCUT2D eigenvalue weighted by Gasteiger charge is -2.33. The van der Waals surface area contributed by atoms with Crippen LogP contribution in [0.4, 0.5) is 0 Å². The van der Waals surface area contributed by atoms with Gasteiger partial charge in [0.2, 0.25) is 0 Å². The average Bonchev–Trinajstić information content (AvgIpc) is 2.63. The van der Waals surface area contributed by atoms with Crippen LogP contribution in [0.1, 0.15) is 38.2 Å². The molecule has 0 aliphatic rings. The number of thiophene rings is 1. The fraction of sp³-hybridized carbons (Fsp3) is 0.636. The van der Waals surface area contributed by atoms with E-state index in [1.54, 1.807) is 11.3 Å². The van der Waals surface area contributed by atoms with Crippen molar-refractivity contribution in [1.29, 1.82) is 0 Å². The topological polar surface area (TPSA) is 29.5 Å². The highest BCUT2D eigenvalue weighted by molar-refractivity contribution is 9.10. The second-order valence-corrected chi connectivity index (χ2v) is 5.44. The normalized spacial score (nSPS) is 17.4. The van der Waals surface area contributed by atoms with E-state index in [1.807, 2.05) is 32.2 Å². The van der Waals surface area contributed by atoms with E-state index in [-0.39, 0.29) is 0 Å². The Labute approximate surface area is 103 Å². The van der Waals surface area contributed by atoms with Gasteiger partial charge < -0.3 is 9.84 Å². The molecule has 2 unspecified atom stereocenters. The monoisotopic (exact) mass is 292 g/mol. The number of hydrogen-bond donors (Lipinski definition) is 1. The number of hydrogen-bond acceptors (Lipinski definition) is 3. The molecule has 0 fully saturated rings. The van der Waals surface area contributed by atoms with Crippen LogP contribution in [0.5, 0.6) is 0 Å². The van der Waals surface area contributed by atoms with Crippen LogP contribution in [-0.4, -0.2) is 17.3 Å². The molecule has 0 saturated heterocycles. The van der Waals surface area contributed by atoms with Crippen molar-refractivity contribution in [3.05, 3.63) is 20.8 Å². The molecule has 1 aromatic rings. The Kier molecular flexibility index (Phi) is 4.77. The molecule has 2 nitrogen and oxygen atoms in total. The summed E-state index contributed by atoms with van der Waals surface area (Å²) >= 11 is 4.98. The van der Waals surface area contributed by atoms with Crippen LogP contribution in [0.2, 0.25) is 0 Å². The Balaban J connectivity index is 2.91. The van der Waals surface area contributed by atoms with E-state index in [9.17, 15) is 5.11 Å². The van der Waals surface area contributed by atoms with Gasteiger partial charge in [0.15, 0.2) is 0 Å². The molecule has 1 rings (SSSR count). The quantitative estimate of drug-likeness (QED) is 0.896. The minimum Gasteiger partial charge on any atom is -0.385 e. The van der Waals surface area contributed by atoms with E-state index in [1.165, 1.54) is 0 Å². The summed E-state index contributed by atoms with van der Waals surface area (Å²) in [5.74, 6) is 0. The minimum atomic E-state index is -0.572. The first kappa shape index (κ1) is 13.2. The smallest absolute Gasteiger partial charge is 0.118 e. The van der Waals surface area contributed by atoms with Gasteiger partial charge in [-0.3, -0.25) is 0 Å². The fourth-order valence-corrected chi connectivity index (χ4v) is 3.20. The van der Waals surface area contributed by atoms with Crippen LogP contribution in [0.3, 0.4) is 0 Å². The molecule has 4 heteroatoms. The fourth-order valence-electron chi connectivity index (χ4n) is 1.48. The van der Waals surface area contributed by atoms with Gasteiger partial charge in [0.25, 0.3) is 0 Å². The summed E-state index contributed by atoms with van der Waals surface area (Å²) in [7, 11) is 0. The first-order valence-electron chi connectivity index (χ1n) is 5.10. The van der Waals surface area contributed by atoms with Crippen LogP contribution < -0.4 is 0 Å². The van der Waals surface area contributed by atoms with Gasteiger partial charge in [0, 0.05) is 11.1 Å². The van der Waals surface area contributed by atoms with Crippen molar-refractivity contribution in [3.63, 3.8) is 0 Å². The maximum Gasteiger partial charge on any atom is 0.118 e. The van der Waals surface area contributed by atoms with Crippen molar-refractivity contribution < 1.29 is 9.84 Å². The van der Waals surface area contributed by atoms with Crippen molar-refractivity contribution in [2.45, 2.75) is 38.9 Å².